The Bertz CT molecular complexity index is 1580. The maximum absolute atomic E-state index is 12.1. The normalized spacial score (nSPS) is 27.8. The van der Waals surface area contributed by atoms with Crippen LogP contribution in [0.25, 0.3) is 12.2 Å². The Balaban J connectivity index is 1.74. The van der Waals surface area contributed by atoms with E-state index in [9.17, 15) is 38.7 Å². The van der Waals surface area contributed by atoms with Gasteiger partial charge < -0.3 is 47.7 Å². The van der Waals surface area contributed by atoms with E-state index in [1.54, 1.807) is 24.3 Å². The highest BCUT2D eigenvalue weighted by Gasteiger charge is 2.52. The SMILES string of the molecule is CC(=O)OC[C@H]1O[C@H](C/C=C/c2ccc(/C=C/C[C@H]3O[C@H](COC(C)=O)[C@@H](OC(C)=O)[C@H](OC(C)=O)[C@@H]3O)cc2)[C@@H](OC(C)=O)[C@@H](OC(C)=O)[C@@H]1OC(C)=O. The molecule has 0 saturated carbocycles. The van der Waals surface area contributed by atoms with Gasteiger partial charge in [-0.3, -0.25) is 33.6 Å². The molecule has 0 amide bonds. The number of hydrogen-bond acceptors (Lipinski definition) is 17. The van der Waals surface area contributed by atoms with Crippen LogP contribution in [0.1, 0.15) is 72.4 Å². The molecule has 2 heterocycles. The lowest BCUT2D eigenvalue weighted by Crippen LogP contribution is -2.62. The van der Waals surface area contributed by atoms with E-state index in [0.717, 1.165) is 38.8 Å². The smallest absolute Gasteiger partial charge is 0.303 e. The van der Waals surface area contributed by atoms with Gasteiger partial charge in [-0.1, -0.05) is 48.6 Å². The Hall–Kier alpha value is -5.13. The van der Waals surface area contributed by atoms with E-state index in [1.165, 1.54) is 20.8 Å². The molecule has 2 aliphatic rings. The number of aliphatic hydroxyl groups is 1. The highest BCUT2D eigenvalue weighted by atomic mass is 16.7. The van der Waals surface area contributed by atoms with Crippen molar-refractivity contribution in [2.24, 2.45) is 0 Å². The van der Waals surface area contributed by atoms with Crippen molar-refractivity contribution in [3.63, 3.8) is 0 Å². The predicted octanol–water partition coefficient (Wildman–Crippen LogP) is 2.17. The van der Waals surface area contributed by atoms with Crippen LogP contribution in [-0.2, 0) is 76.2 Å². The average Bonchev–Trinajstić information content (AvgIpc) is 3.08. The van der Waals surface area contributed by atoms with Crippen molar-refractivity contribution < 1.29 is 81.3 Å². The Morgan fingerprint density at radius 2 is 0.818 bits per heavy atom. The largest absolute Gasteiger partial charge is 0.463 e. The summed E-state index contributed by atoms with van der Waals surface area (Å²) in [7, 11) is 0. The third kappa shape index (κ3) is 14.2. The monoisotopic (exact) mass is 776 g/mol. The van der Waals surface area contributed by atoms with E-state index in [4.69, 9.17) is 42.6 Å². The lowest BCUT2D eigenvalue weighted by atomic mass is 9.92. The molecule has 1 N–H and O–H groups in total. The Morgan fingerprint density at radius 1 is 0.491 bits per heavy atom. The summed E-state index contributed by atoms with van der Waals surface area (Å²) in [6.45, 7) is 7.54. The zero-order chi connectivity index (χ0) is 40.8. The van der Waals surface area contributed by atoms with Crippen LogP contribution in [0, 0.1) is 0 Å². The second-order valence-corrected chi connectivity index (χ2v) is 12.8. The fraction of sp³-hybridized carbons (Fsp3) is 0.553. The lowest BCUT2D eigenvalue weighted by molar-refractivity contribution is -0.251. The molecule has 0 aliphatic carbocycles. The molecule has 1 aromatic rings. The molecule has 0 bridgehead atoms. The Labute approximate surface area is 318 Å². The summed E-state index contributed by atoms with van der Waals surface area (Å²) in [6.07, 6.45) is -4.05. The zero-order valence-corrected chi connectivity index (χ0v) is 31.7. The fourth-order valence-electron chi connectivity index (χ4n) is 6.09. The molecule has 2 fully saturated rings. The minimum absolute atomic E-state index is 0.148. The second-order valence-electron chi connectivity index (χ2n) is 12.8. The first-order valence-corrected chi connectivity index (χ1v) is 17.5. The molecule has 2 aliphatic heterocycles. The van der Waals surface area contributed by atoms with Crippen molar-refractivity contribution in [1.29, 1.82) is 0 Å². The molecule has 10 atom stereocenters. The molecule has 0 aromatic heterocycles. The minimum atomic E-state index is -1.37. The molecule has 0 spiro atoms. The molecule has 302 valence electrons. The maximum Gasteiger partial charge on any atom is 0.303 e. The van der Waals surface area contributed by atoms with Crippen LogP contribution >= 0.6 is 0 Å². The van der Waals surface area contributed by atoms with Gasteiger partial charge in [-0.25, -0.2) is 0 Å². The fourth-order valence-corrected chi connectivity index (χ4v) is 6.09. The Kier molecular flexibility index (Phi) is 17.0. The summed E-state index contributed by atoms with van der Waals surface area (Å²) >= 11 is 0. The van der Waals surface area contributed by atoms with Gasteiger partial charge in [0.05, 0.1) is 6.10 Å². The summed E-state index contributed by atoms with van der Waals surface area (Å²) in [6, 6.07) is 7.30. The first kappa shape index (κ1) is 44.3. The second kappa shape index (κ2) is 21.1. The van der Waals surface area contributed by atoms with Gasteiger partial charge in [0.15, 0.2) is 30.5 Å². The quantitative estimate of drug-likeness (QED) is 0.199. The minimum Gasteiger partial charge on any atom is -0.463 e. The van der Waals surface area contributed by atoms with Crippen LogP contribution in [0.3, 0.4) is 0 Å². The zero-order valence-electron chi connectivity index (χ0n) is 31.7. The van der Waals surface area contributed by atoms with Crippen molar-refractivity contribution in [1.82, 2.24) is 0 Å². The average molecular weight is 777 g/mol. The summed E-state index contributed by atoms with van der Waals surface area (Å²) in [5.41, 5.74) is 1.57. The van der Waals surface area contributed by atoms with Gasteiger partial charge in [-0.05, 0) is 24.0 Å². The molecular weight excluding hydrogens is 728 g/mol. The summed E-state index contributed by atoms with van der Waals surface area (Å²) < 4.78 is 49.3. The van der Waals surface area contributed by atoms with E-state index in [2.05, 4.69) is 0 Å². The number of carbonyl (C=O) groups is 7. The van der Waals surface area contributed by atoms with Crippen molar-refractivity contribution in [2.75, 3.05) is 13.2 Å². The van der Waals surface area contributed by atoms with E-state index in [-0.39, 0.29) is 26.1 Å². The summed E-state index contributed by atoms with van der Waals surface area (Å²) in [4.78, 5) is 82.9. The predicted molar refractivity (Wildman–Crippen MR) is 188 cm³/mol. The molecule has 2 saturated heterocycles. The number of benzene rings is 1. The van der Waals surface area contributed by atoms with E-state index >= 15 is 0 Å². The molecule has 55 heavy (non-hydrogen) atoms. The van der Waals surface area contributed by atoms with Gasteiger partial charge in [-0.2, -0.15) is 0 Å². The number of hydrogen-bond donors (Lipinski definition) is 1. The number of ether oxygens (including phenoxy) is 9. The molecule has 3 rings (SSSR count). The first-order chi connectivity index (χ1) is 25.9. The van der Waals surface area contributed by atoms with Crippen LogP contribution in [0.4, 0.5) is 0 Å². The van der Waals surface area contributed by atoms with Crippen LogP contribution in [0.2, 0.25) is 0 Å². The van der Waals surface area contributed by atoms with Gasteiger partial charge in [-0.15, -0.1) is 0 Å². The van der Waals surface area contributed by atoms with Crippen LogP contribution in [0.5, 0.6) is 0 Å². The number of esters is 7. The molecule has 17 nitrogen and oxygen atoms in total. The van der Waals surface area contributed by atoms with Gasteiger partial charge in [0.1, 0.15) is 37.6 Å². The van der Waals surface area contributed by atoms with Crippen molar-refractivity contribution in [2.45, 2.75) is 122 Å². The molecule has 1 aromatic carbocycles. The lowest BCUT2D eigenvalue weighted by Gasteiger charge is -2.44. The number of carbonyl (C=O) groups excluding carboxylic acids is 7. The topological polar surface area (TPSA) is 223 Å². The first-order valence-electron chi connectivity index (χ1n) is 17.5. The number of aliphatic hydroxyl groups excluding tert-OH is 1. The summed E-state index contributed by atoms with van der Waals surface area (Å²) in [5.74, 6) is -4.76. The Morgan fingerprint density at radius 3 is 1.22 bits per heavy atom. The van der Waals surface area contributed by atoms with E-state index < -0.39 is 103 Å². The third-order valence-electron chi connectivity index (χ3n) is 8.19. The molecule has 0 unspecified atom stereocenters. The summed E-state index contributed by atoms with van der Waals surface area (Å²) in [5, 5.41) is 11.1. The van der Waals surface area contributed by atoms with Gasteiger partial charge in [0, 0.05) is 48.5 Å². The van der Waals surface area contributed by atoms with Crippen LogP contribution in [0.15, 0.2) is 36.4 Å². The van der Waals surface area contributed by atoms with Crippen molar-refractivity contribution in [3.8, 4) is 0 Å². The molecule has 17 heteroatoms. The molecule has 0 radical (unpaired) electrons. The maximum atomic E-state index is 12.1. The van der Waals surface area contributed by atoms with Crippen molar-refractivity contribution >= 4 is 53.9 Å². The van der Waals surface area contributed by atoms with Crippen molar-refractivity contribution in [3.05, 3.63) is 47.5 Å². The van der Waals surface area contributed by atoms with Gasteiger partial charge in [0.2, 0.25) is 0 Å². The number of rotatable bonds is 15. The van der Waals surface area contributed by atoms with Crippen LogP contribution in [-0.4, -0.2) is 121 Å². The van der Waals surface area contributed by atoms with Crippen LogP contribution < -0.4 is 0 Å². The molecular formula is C38H48O17. The standard InChI is InChI=1S/C38H48O17/c1-20(39)47-18-31-35(50-23(4)42)37(52-25(6)44)33(46)29(54-31)12-8-10-27-14-16-28(17-15-27)11-9-13-30-34(49-22(3)41)38(53-26(7)45)36(51-24(5)43)32(55-30)19-48-21(2)40/h8-11,14-17,29-38,46H,12-13,18-19H2,1-7H3/b10-8+,11-9+/t29-,30-,31-,32-,33-,34-,35-,36-,37-,38-/m1/s1. The highest BCUT2D eigenvalue weighted by molar-refractivity contribution is 5.69. The third-order valence-corrected chi connectivity index (χ3v) is 8.19. The van der Waals surface area contributed by atoms with E-state index in [0.29, 0.717) is 0 Å². The van der Waals surface area contributed by atoms with E-state index in [1.807, 2.05) is 24.3 Å². The van der Waals surface area contributed by atoms with Gasteiger partial charge in [0.25, 0.3) is 0 Å². The van der Waals surface area contributed by atoms with Gasteiger partial charge >= 0.3 is 41.8 Å². The highest BCUT2D eigenvalue weighted by Crippen LogP contribution is 2.32.